The molecule has 110 valence electrons. The SMILES string of the molecule is CCCC(C)(CNC(C)(C)C)CN(C)CCOC. The molecule has 0 bridgehead atoms. The van der Waals surface area contributed by atoms with Crippen molar-refractivity contribution >= 4 is 0 Å². The number of hydrogen-bond donors (Lipinski definition) is 1. The summed E-state index contributed by atoms with van der Waals surface area (Å²) >= 11 is 0. The smallest absolute Gasteiger partial charge is 0.0589 e. The van der Waals surface area contributed by atoms with Crippen molar-refractivity contribution in [1.82, 2.24) is 10.2 Å². The van der Waals surface area contributed by atoms with Gasteiger partial charge in [-0.1, -0.05) is 20.3 Å². The van der Waals surface area contributed by atoms with Gasteiger partial charge in [-0.15, -0.1) is 0 Å². The molecule has 0 amide bonds. The summed E-state index contributed by atoms with van der Waals surface area (Å²) in [6, 6.07) is 0. The van der Waals surface area contributed by atoms with Gasteiger partial charge in [0.25, 0.3) is 0 Å². The molecule has 0 spiro atoms. The molecule has 1 N–H and O–H groups in total. The van der Waals surface area contributed by atoms with Crippen LogP contribution in [0, 0.1) is 5.41 Å². The van der Waals surface area contributed by atoms with Crippen LogP contribution in [0.1, 0.15) is 47.5 Å². The van der Waals surface area contributed by atoms with Crippen LogP contribution in [-0.4, -0.2) is 50.8 Å². The number of ether oxygens (including phenoxy) is 1. The molecule has 0 radical (unpaired) electrons. The highest BCUT2D eigenvalue weighted by atomic mass is 16.5. The van der Waals surface area contributed by atoms with Crippen molar-refractivity contribution in [3.63, 3.8) is 0 Å². The van der Waals surface area contributed by atoms with Gasteiger partial charge >= 0.3 is 0 Å². The lowest BCUT2D eigenvalue weighted by molar-refractivity contribution is 0.119. The van der Waals surface area contributed by atoms with Gasteiger partial charge < -0.3 is 15.0 Å². The minimum Gasteiger partial charge on any atom is -0.383 e. The number of likely N-dealkylation sites (N-methyl/N-ethyl adjacent to an activating group) is 1. The minimum absolute atomic E-state index is 0.195. The van der Waals surface area contributed by atoms with E-state index in [4.69, 9.17) is 4.74 Å². The van der Waals surface area contributed by atoms with Crippen LogP contribution in [0.4, 0.5) is 0 Å². The summed E-state index contributed by atoms with van der Waals surface area (Å²) in [6.45, 7) is 15.4. The highest BCUT2D eigenvalue weighted by molar-refractivity contribution is 4.83. The van der Waals surface area contributed by atoms with E-state index < -0.39 is 0 Å². The average molecular weight is 258 g/mol. The molecule has 3 nitrogen and oxygen atoms in total. The maximum absolute atomic E-state index is 5.14. The molecule has 0 aromatic heterocycles. The molecule has 0 heterocycles. The Balaban J connectivity index is 4.32. The Morgan fingerprint density at radius 3 is 2.22 bits per heavy atom. The molecule has 0 aromatic carbocycles. The average Bonchev–Trinajstić information content (AvgIpc) is 2.23. The molecule has 0 aromatic rings. The first kappa shape index (κ1) is 17.9. The summed E-state index contributed by atoms with van der Waals surface area (Å²) < 4.78 is 5.14. The lowest BCUT2D eigenvalue weighted by atomic mass is 9.84. The molecule has 1 unspecified atom stereocenters. The van der Waals surface area contributed by atoms with Crippen LogP contribution < -0.4 is 5.32 Å². The summed E-state index contributed by atoms with van der Waals surface area (Å²) in [5.74, 6) is 0. The molecule has 0 aliphatic rings. The zero-order valence-electron chi connectivity index (χ0n) is 13.6. The fourth-order valence-corrected chi connectivity index (χ4v) is 2.28. The maximum Gasteiger partial charge on any atom is 0.0589 e. The van der Waals surface area contributed by atoms with Crippen molar-refractivity contribution < 1.29 is 4.74 Å². The Hall–Kier alpha value is -0.120. The molecule has 0 fully saturated rings. The second-order valence-corrected chi connectivity index (χ2v) is 6.89. The van der Waals surface area contributed by atoms with Gasteiger partial charge in [0.15, 0.2) is 0 Å². The number of hydrogen-bond acceptors (Lipinski definition) is 3. The van der Waals surface area contributed by atoms with Crippen LogP contribution in [0.3, 0.4) is 0 Å². The van der Waals surface area contributed by atoms with Crippen molar-refractivity contribution in [3.8, 4) is 0 Å². The molecule has 3 heteroatoms. The predicted molar refractivity (Wildman–Crippen MR) is 80.1 cm³/mol. The van der Waals surface area contributed by atoms with Crippen LogP contribution in [-0.2, 0) is 4.74 Å². The van der Waals surface area contributed by atoms with E-state index in [1.54, 1.807) is 7.11 Å². The number of rotatable bonds is 9. The zero-order chi connectivity index (χ0) is 14.2. The van der Waals surface area contributed by atoms with Crippen LogP contribution in [0.15, 0.2) is 0 Å². The number of nitrogens with one attached hydrogen (secondary N) is 1. The van der Waals surface area contributed by atoms with Crippen LogP contribution in [0.25, 0.3) is 0 Å². The normalized spacial score (nSPS) is 16.0. The second-order valence-electron chi connectivity index (χ2n) is 6.89. The van der Waals surface area contributed by atoms with Gasteiger partial charge in [0, 0.05) is 32.3 Å². The third kappa shape index (κ3) is 8.90. The zero-order valence-corrected chi connectivity index (χ0v) is 13.6. The minimum atomic E-state index is 0.195. The molecule has 1 atom stereocenters. The molecule has 18 heavy (non-hydrogen) atoms. The first-order valence-corrected chi connectivity index (χ1v) is 7.15. The van der Waals surface area contributed by atoms with E-state index in [1.165, 1.54) is 12.8 Å². The Labute approximate surface area is 114 Å². The topological polar surface area (TPSA) is 24.5 Å². The van der Waals surface area contributed by atoms with E-state index in [1.807, 2.05) is 0 Å². The van der Waals surface area contributed by atoms with E-state index in [-0.39, 0.29) is 5.54 Å². The molecular formula is C15H34N2O. The van der Waals surface area contributed by atoms with Crippen LogP contribution in [0.5, 0.6) is 0 Å². The van der Waals surface area contributed by atoms with Crippen LogP contribution >= 0.6 is 0 Å². The van der Waals surface area contributed by atoms with E-state index in [9.17, 15) is 0 Å². The largest absolute Gasteiger partial charge is 0.383 e. The van der Waals surface area contributed by atoms with E-state index in [0.717, 1.165) is 26.2 Å². The predicted octanol–water partition coefficient (Wildman–Crippen LogP) is 2.76. The third-order valence-electron chi connectivity index (χ3n) is 3.23. The van der Waals surface area contributed by atoms with Crippen molar-refractivity contribution in [2.45, 2.75) is 53.0 Å². The van der Waals surface area contributed by atoms with Gasteiger partial charge in [0.05, 0.1) is 6.61 Å². The Kier molecular flexibility index (Phi) is 8.08. The monoisotopic (exact) mass is 258 g/mol. The molecular weight excluding hydrogens is 224 g/mol. The molecule has 0 aliphatic heterocycles. The van der Waals surface area contributed by atoms with Gasteiger partial charge in [0.2, 0.25) is 0 Å². The van der Waals surface area contributed by atoms with Crippen molar-refractivity contribution in [2.75, 3.05) is 40.4 Å². The summed E-state index contributed by atoms with van der Waals surface area (Å²) in [4.78, 5) is 2.38. The molecule has 0 saturated heterocycles. The lowest BCUT2D eigenvalue weighted by Gasteiger charge is -2.36. The standard InChI is InChI=1S/C15H34N2O/c1-8-9-15(5,12-16-14(2,3)4)13-17(6)10-11-18-7/h16H,8-13H2,1-7H3. The van der Waals surface area contributed by atoms with Crippen molar-refractivity contribution in [3.05, 3.63) is 0 Å². The summed E-state index contributed by atoms with van der Waals surface area (Å²) in [6.07, 6.45) is 2.49. The second kappa shape index (κ2) is 8.13. The van der Waals surface area contributed by atoms with Gasteiger partial charge in [0.1, 0.15) is 0 Å². The molecule has 0 aliphatic carbocycles. The third-order valence-corrected chi connectivity index (χ3v) is 3.23. The highest BCUT2D eigenvalue weighted by Crippen LogP contribution is 2.24. The highest BCUT2D eigenvalue weighted by Gasteiger charge is 2.26. The molecule has 0 rings (SSSR count). The van der Waals surface area contributed by atoms with Crippen LogP contribution in [0.2, 0.25) is 0 Å². The fraction of sp³-hybridized carbons (Fsp3) is 1.00. The number of nitrogens with zero attached hydrogens (tertiary/aromatic N) is 1. The maximum atomic E-state index is 5.14. The fourth-order valence-electron chi connectivity index (χ4n) is 2.28. The molecule has 0 saturated carbocycles. The lowest BCUT2D eigenvalue weighted by Crippen LogP contribution is -2.47. The van der Waals surface area contributed by atoms with Crippen molar-refractivity contribution in [1.29, 1.82) is 0 Å². The van der Waals surface area contributed by atoms with E-state index >= 15 is 0 Å². The van der Waals surface area contributed by atoms with Gasteiger partial charge in [-0.2, -0.15) is 0 Å². The Morgan fingerprint density at radius 2 is 1.78 bits per heavy atom. The van der Waals surface area contributed by atoms with Crippen molar-refractivity contribution in [2.24, 2.45) is 5.41 Å². The van der Waals surface area contributed by atoms with Gasteiger partial charge in [-0.25, -0.2) is 0 Å². The van der Waals surface area contributed by atoms with Gasteiger partial charge in [-0.3, -0.25) is 0 Å². The first-order valence-electron chi connectivity index (χ1n) is 7.15. The number of methoxy groups -OCH3 is 1. The van der Waals surface area contributed by atoms with Gasteiger partial charge in [-0.05, 0) is 39.7 Å². The Morgan fingerprint density at radius 1 is 1.17 bits per heavy atom. The summed E-state index contributed by atoms with van der Waals surface area (Å²) in [5, 5.41) is 3.65. The van der Waals surface area contributed by atoms with E-state index in [0.29, 0.717) is 5.41 Å². The Bertz CT molecular complexity index is 213. The van der Waals surface area contributed by atoms with E-state index in [2.05, 4.69) is 51.9 Å². The summed E-state index contributed by atoms with van der Waals surface area (Å²) in [7, 11) is 3.95. The first-order chi connectivity index (χ1) is 8.22. The quantitative estimate of drug-likeness (QED) is 0.688. The summed E-state index contributed by atoms with van der Waals surface area (Å²) in [5.41, 5.74) is 0.532.